The van der Waals surface area contributed by atoms with E-state index in [1.165, 1.54) is 0 Å². The maximum absolute atomic E-state index is 10.1. The first kappa shape index (κ1) is 14.2. The molecule has 0 amide bonds. The molecule has 60 valence electrons. The van der Waals surface area contributed by atoms with Crippen molar-refractivity contribution in [2.75, 3.05) is 0 Å². The molecule has 0 spiro atoms. The Kier molecular flexibility index (Phi) is 8.64. The van der Waals surface area contributed by atoms with Crippen LogP contribution in [-0.2, 0) is 11.2 Å². The van der Waals surface area contributed by atoms with Crippen LogP contribution in [0, 0.1) is 0 Å². The fourth-order valence-corrected chi connectivity index (χ4v) is 0.763. The second kappa shape index (κ2) is 7.31. The van der Waals surface area contributed by atoms with Gasteiger partial charge in [0.05, 0.1) is 0 Å². The Bertz CT molecular complexity index is 226. The van der Waals surface area contributed by atoms with Crippen molar-refractivity contribution in [3.05, 3.63) is 35.9 Å². The van der Waals surface area contributed by atoms with E-state index in [9.17, 15) is 9.90 Å². The number of carboxylic acid groups (broad SMARTS) is 1. The summed E-state index contributed by atoms with van der Waals surface area (Å²) in [6.07, 6.45) is 0.000833. The van der Waals surface area contributed by atoms with Crippen LogP contribution < -0.4 is 40.8 Å². The minimum Gasteiger partial charge on any atom is -0.550 e. The molecule has 0 fully saturated rings. The first-order valence-corrected chi connectivity index (χ1v) is 3.03. The number of hydrogen-bond acceptors (Lipinski definition) is 3. The molecule has 0 aliphatic heterocycles. The van der Waals surface area contributed by atoms with Crippen LogP contribution in [0.4, 0.5) is 0 Å². The topological polar surface area (TPSA) is 75.1 Å². The minimum atomic E-state index is -1.04. The zero-order valence-corrected chi connectivity index (χ0v) is 9.12. The van der Waals surface area contributed by atoms with E-state index in [1.54, 1.807) is 24.3 Å². The van der Waals surface area contributed by atoms with Crippen LogP contribution in [-0.4, -0.2) is 5.97 Å². The van der Waals surface area contributed by atoms with E-state index in [0.717, 1.165) is 5.56 Å². The summed E-state index contributed by atoms with van der Waals surface area (Å²) in [5.41, 5.74) is 0.780. The van der Waals surface area contributed by atoms with Gasteiger partial charge in [-0.2, -0.15) is 0 Å². The van der Waals surface area contributed by atoms with Crippen molar-refractivity contribution in [2.45, 2.75) is 6.42 Å². The number of carbonyl (C=O) groups is 1. The molecular formula is C8H10NNaO2. The summed E-state index contributed by atoms with van der Waals surface area (Å²) in [5.74, 6) is -1.04. The predicted octanol–water partition coefficient (Wildman–Crippen LogP) is -2.85. The second-order valence-electron chi connectivity index (χ2n) is 2.03. The molecule has 1 aromatic carbocycles. The summed E-state index contributed by atoms with van der Waals surface area (Å²) >= 11 is 0. The average Bonchev–Trinajstić information content (AvgIpc) is 1.88. The van der Waals surface area contributed by atoms with Gasteiger partial charge in [-0.15, -0.1) is 0 Å². The number of benzene rings is 1. The molecule has 3 N–H and O–H groups in total. The van der Waals surface area contributed by atoms with E-state index in [4.69, 9.17) is 0 Å². The van der Waals surface area contributed by atoms with Gasteiger partial charge in [-0.05, 0) is 5.56 Å². The van der Waals surface area contributed by atoms with Crippen LogP contribution in [0.1, 0.15) is 5.56 Å². The van der Waals surface area contributed by atoms with E-state index >= 15 is 0 Å². The molecule has 1 rings (SSSR count). The van der Waals surface area contributed by atoms with Crippen LogP contribution >= 0.6 is 0 Å². The number of aliphatic carboxylic acids is 1. The first-order chi connectivity index (χ1) is 4.79. The molecule has 0 radical (unpaired) electrons. The van der Waals surface area contributed by atoms with Gasteiger partial charge in [0, 0.05) is 12.4 Å². The van der Waals surface area contributed by atoms with Crippen molar-refractivity contribution in [2.24, 2.45) is 0 Å². The van der Waals surface area contributed by atoms with Gasteiger partial charge in [-0.1, -0.05) is 30.3 Å². The Morgan fingerprint density at radius 2 is 1.75 bits per heavy atom. The summed E-state index contributed by atoms with van der Waals surface area (Å²) in [5, 5.41) is 10.1. The maximum atomic E-state index is 10.1. The van der Waals surface area contributed by atoms with Gasteiger partial charge in [-0.3, -0.25) is 0 Å². The van der Waals surface area contributed by atoms with Crippen LogP contribution in [0.5, 0.6) is 0 Å². The molecule has 0 aliphatic carbocycles. The molecule has 0 unspecified atom stereocenters. The molecule has 0 atom stereocenters. The predicted molar refractivity (Wildman–Crippen MR) is 40.2 cm³/mol. The third-order valence-corrected chi connectivity index (χ3v) is 1.19. The van der Waals surface area contributed by atoms with E-state index in [-0.39, 0.29) is 42.1 Å². The maximum Gasteiger partial charge on any atom is 1.00 e. The van der Waals surface area contributed by atoms with Gasteiger partial charge in [0.25, 0.3) is 0 Å². The largest absolute Gasteiger partial charge is 1.00 e. The Labute approximate surface area is 93.7 Å². The quantitative estimate of drug-likeness (QED) is 0.491. The second-order valence-corrected chi connectivity index (χ2v) is 2.03. The summed E-state index contributed by atoms with van der Waals surface area (Å²) in [6.45, 7) is 0. The Balaban J connectivity index is 0. The van der Waals surface area contributed by atoms with E-state index in [0.29, 0.717) is 0 Å². The van der Waals surface area contributed by atoms with Crippen LogP contribution in [0.3, 0.4) is 0 Å². The molecular weight excluding hydrogens is 165 g/mol. The van der Waals surface area contributed by atoms with Crippen molar-refractivity contribution in [3.63, 3.8) is 0 Å². The monoisotopic (exact) mass is 175 g/mol. The zero-order valence-electron chi connectivity index (χ0n) is 7.12. The van der Waals surface area contributed by atoms with Crippen LogP contribution in [0.25, 0.3) is 0 Å². The molecule has 0 saturated heterocycles. The number of hydrogen-bond donors (Lipinski definition) is 1. The average molecular weight is 175 g/mol. The zero-order chi connectivity index (χ0) is 7.40. The van der Waals surface area contributed by atoms with Crippen molar-refractivity contribution in [3.8, 4) is 0 Å². The molecule has 1 aromatic rings. The molecule has 12 heavy (non-hydrogen) atoms. The molecule has 3 nitrogen and oxygen atoms in total. The number of carbonyl (C=O) groups excluding carboxylic acids is 1. The van der Waals surface area contributed by atoms with Crippen LogP contribution in [0.2, 0.25) is 0 Å². The van der Waals surface area contributed by atoms with Gasteiger partial charge >= 0.3 is 29.6 Å². The first-order valence-electron chi connectivity index (χ1n) is 3.03. The normalized spacial score (nSPS) is 7.67. The third-order valence-electron chi connectivity index (χ3n) is 1.19. The fraction of sp³-hybridized carbons (Fsp3) is 0.125. The van der Waals surface area contributed by atoms with Crippen molar-refractivity contribution in [1.29, 1.82) is 0 Å². The minimum absolute atomic E-state index is 0. The molecule has 0 aliphatic rings. The fourth-order valence-electron chi connectivity index (χ4n) is 0.763. The third kappa shape index (κ3) is 5.32. The number of carboxylic acids is 1. The van der Waals surface area contributed by atoms with Crippen molar-refractivity contribution >= 4 is 5.97 Å². The number of rotatable bonds is 2. The van der Waals surface area contributed by atoms with Gasteiger partial charge in [-0.25, -0.2) is 0 Å². The molecule has 0 saturated carbocycles. The molecule has 0 aromatic heterocycles. The summed E-state index contributed by atoms with van der Waals surface area (Å²) < 4.78 is 0. The van der Waals surface area contributed by atoms with Crippen molar-refractivity contribution in [1.82, 2.24) is 6.15 Å². The van der Waals surface area contributed by atoms with E-state index in [1.807, 2.05) is 6.07 Å². The molecule has 0 bridgehead atoms. The Morgan fingerprint density at radius 1 is 1.25 bits per heavy atom. The van der Waals surface area contributed by atoms with Gasteiger partial charge in [0.2, 0.25) is 0 Å². The van der Waals surface area contributed by atoms with Crippen molar-refractivity contribution < 1.29 is 39.5 Å². The van der Waals surface area contributed by atoms with Gasteiger partial charge in [0.15, 0.2) is 0 Å². The SMILES string of the molecule is N.O=C([O-])Cc1ccccc1.[Na+]. The summed E-state index contributed by atoms with van der Waals surface area (Å²) in [7, 11) is 0. The summed E-state index contributed by atoms with van der Waals surface area (Å²) in [6, 6.07) is 8.97. The Morgan fingerprint density at radius 3 is 2.17 bits per heavy atom. The molecule has 4 heteroatoms. The van der Waals surface area contributed by atoms with E-state index in [2.05, 4.69) is 0 Å². The van der Waals surface area contributed by atoms with Gasteiger partial charge in [0.1, 0.15) is 0 Å². The van der Waals surface area contributed by atoms with Gasteiger partial charge < -0.3 is 16.1 Å². The Hall–Kier alpha value is -0.350. The summed E-state index contributed by atoms with van der Waals surface area (Å²) in [4.78, 5) is 10.1. The van der Waals surface area contributed by atoms with E-state index < -0.39 is 5.97 Å². The smallest absolute Gasteiger partial charge is 0.550 e. The van der Waals surface area contributed by atoms with Crippen LogP contribution in [0.15, 0.2) is 30.3 Å². The molecule has 0 heterocycles. The standard InChI is InChI=1S/C8H8O2.H3N.Na/c9-8(10)6-7-4-2-1-3-5-7;;/h1-5H,6H2,(H,9,10);1H3;/q;;+1/p-1.